The van der Waals surface area contributed by atoms with Crippen molar-refractivity contribution in [2.75, 3.05) is 13.2 Å². The molecule has 0 saturated carbocycles. The first-order valence-electron chi connectivity index (χ1n) is 5.30. The van der Waals surface area contributed by atoms with Crippen LogP contribution in [0, 0.1) is 0 Å². The molecule has 0 aliphatic carbocycles. The maximum Gasteiger partial charge on any atom is 0.340 e. The molecule has 5 heteroatoms. The molecule has 0 aromatic heterocycles. The molecule has 3 rings (SSSR count). The van der Waals surface area contributed by atoms with E-state index in [9.17, 15) is 9.59 Å². The van der Waals surface area contributed by atoms with E-state index in [1.807, 2.05) is 0 Å². The van der Waals surface area contributed by atoms with E-state index in [-0.39, 0.29) is 6.61 Å². The zero-order valence-corrected chi connectivity index (χ0v) is 9.34. The van der Waals surface area contributed by atoms with Gasteiger partial charge in [-0.25, -0.2) is 9.59 Å². The van der Waals surface area contributed by atoms with E-state index in [2.05, 4.69) is 0 Å². The molecule has 0 amide bonds. The monoisotopic (exact) mass is 236 g/mol. The lowest BCUT2D eigenvalue weighted by Gasteiger charge is -2.19. The van der Waals surface area contributed by atoms with Gasteiger partial charge in [-0.2, -0.15) is 0 Å². The lowest BCUT2D eigenvalue weighted by atomic mass is 10.1. The highest BCUT2D eigenvalue weighted by Gasteiger charge is 2.21. The van der Waals surface area contributed by atoms with Crippen molar-refractivity contribution in [1.82, 2.24) is 0 Å². The number of carbonyl (C=O) groups excluding carboxylic acids is 2. The highest BCUT2D eigenvalue weighted by Crippen LogP contribution is 2.12. The van der Waals surface area contributed by atoms with Gasteiger partial charge in [0.05, 0.1) is 11.1 Å². The van der Waals surface area contributed by atoms with Gasteiger partial charge >= 0.3 is 11.9 Å². The Bertz CT molecular complexity index is 423. The molecule has 1 aromatic rings. The molecule has 1 unspecified atom stereocenters. The summed E-state index contributed by atoms with van der Waals surface area (Å²) in [5.41, 5.74) is 0.784. The molecule has 17 heavy (non-hydrogen) atoms. The molecule has 2 heterocycles. The van der Waals surface area contributed by atoms with Crippen molar-refractivity contribution in [3.63, 3.8) is 0 Å². The summed E-state index contributed by atoms with van der Waals surface area (Å²) in [7, 11) is 0. The van der Waals surface area contributed by atoms with Gasteiger partial charge in [-0.3, -0.25) is 0 Å². The van der Waals surface area contributed by atoms with Crippen LogP contribution in [0.1, 0.15) is 27.6 Å². The quantitative estimate of drug-likeness (QED) is 0.726. The molecular formula is C12H12O5. The Morgan fingerprint density at radius 3 is 2.35 bits per heavy atom. The van der Waals surface area contributed by atoms with Gasteiger partial charge in [0.25, 0.3) is 0 Å². The SMILES string of the molecule is CCOC1COC(=O)c2ccc(cc2)C(=O)O1. The van der Waals surface area contributed by atoms with E-state index >= 15 is 0 Å². The first-order chi connectivity index (χ1) is 8.20. The van der Waals surface area contributed by atoms with Gasteiger partial charge in [0.1, 0.15) is 0 Å². The van der Waals surface area contributed by atoms with Gasteiger partial charge in [-0.05, 0) is 31.2 Å². The van der Waals surface area contributed by atoms with Crippen molar-refractivity contribution in [1.29, 1.82) is 0 Å². The second-order valence-corrected chi connectivity index (χ2v) is 3.47. The fraction of sp³-hybridized carbons (Fsp3) is 0.333. The summed E-state index contributed by atoms with van der Waals surface area (Å²) in [6.07, 6.45) is -0.856. The molecule has 0 saturated heterocycles. The van der Waals surface area contributed by atoms with E-state index in [0.717, 1.165) is 0 Å². The molecule has 90 valence electrons. The van der Waals surface area contributed by atoms with Crippen LogP contribution in [0.15, 0.2) is 24.3 Å². The van der Waals surface area contributed by atoms with Gasteiger partial charge in [-0.15, -0.1) is 0 Å². The van der Waals surface area contributed by atoms with Crippen molar-refractivity contribution in [3.8, 4) is 0 Å². The van der Waals surface area contributed by atoms with Crippen LogP contribution < -0.4 is 0 Å². The third-order valence-electron chi connectivity index (χ3n) is 2.30. The Kier molecular flexibility index (Phi) is 3.39. The van der Waals surface area contributed by atoms with Gasteiger partial charge in [-0.1, -0.05) is 0 Å². The largest absolute Gasteiger partial charge is 0.455 e. The van der Waals surface area contributed by atoms with Crippen molar-refractivity contribution < 1.29 is 23.8 Å². The van der Waals surface area contributed by atoms with E-state index in [0.29, 0.717) is 17.7 Å². The van der Waals surface area contributed by atoms with Crippen LogP contribution in [0.3, 0.4) is 0 Å². The number of benzene rings is 1. The average molecular weight is 236 g/mol. The zero-order chi connectivity index (χ0) is 12.3. The molecule has 2 aliphatic rings. The fourth-order valence-corrected chi connectivity index (χ4v) is 1.46. The van der Waals surface area contributed by atoms with E-state index in [4.69, 9.17) is 14.2 Å². The standard InChI is InChI=1S/C12H12O5/c1-2-15-10-7-16-11(13)8-3-5-9(6-4-8)12(14)17-10/h3-6,10H,2,7H2,1H3. The highest BCUT2D eigenvalue weighted by molar-refractivity contribution is 5.93. The van der Waals surface area contributed by atoms with Crippen LogP contribution >= 0.6 is 0 Å². The normalized spacial score (nSPS) is 19.7. The fourth-order valence-electron chi connectivity index (χ4n) is 1.46. The number of rotatable bonds is 2. The van der Waals surface area contributed by atoms with Crippen molar-refractivity contribution in [2.24, 2.45) is 0 Å². The van der Waals surface area contributed by atoms with Crippen LogP contribution in [-0.2, 0) is 14.2 Å². The van der Waals surface area contributed by atoms with E-state index in [1.165, 1.54) is 24.3 Å². The lowest BCUT2D eigenvalue weighted by molar-refractivity contribution is -0.131. The second-order valence-electron chi connectivity index (χ2n) is 3.47. The average Bonchev–Trinajstić information content (AvgIpc) is 2.35. The first kappa shape index (κ1) is 11.6. The van der Waals surface area contributed by atoms with Crippen LogP contribution in [0.4, 0.5) is 0 Å². The maximum atomic E-state index is 11.7. The van der Waals surface area contributed by atoms with Gasteiger partial charge in [0.15, 0.2) is 6.61 Å². The molecule has 2 bridgehead atoms. The Hall–Kier alpha value is -1.88. The molecule has 0 spiro atoms. The summed E-state index contributed by atoms with van der Waals surface area (Å²) in [4.78, 5) is 23.2. The predicted molar refractivity (Wildman–Crippen MR) is 57.6 cm³/mol. The summed E-state index contributed by atoms with van der Waals surface area (Å²) in [6, 6.07) is 6.10. The van der Waals surface area contributed by atoms with Gasteiger partial charge in [0, 0.05) is 6.61 Å². The Balaban J connectivity index is 2.26. The topological polar surface area (TPSA) is 61.8 Å². The van der Waals surface area contributed by atoms with E-state index < -0.39 is 18.2 Å². The molecule has 0 fully saturated rings. The lowest BCUT2D eigenvalue weighted by Crippen LogP contribution is -2.29. The van der Waals surface area contributed by atoms with E-state index in [1.54, 1.807) is 6.92 Å². The summed E-state index contributed by atoms with van der Waals surface area (Å²) in [5, 5.41) is 0. The van der Waals surface area contributed by atoms with Crippen molar-refractivity contribution in [3.05, 3.63) is 35.4 Å². The van der Waals surface area contributed by atoms with Crippen LogP contribution in [0.5, 0.6) is 0 Å². The third kappa shape index (κ3) is 2.62. The number of fused-ring (bicyclic) bond motifs is 7. The number of ether oxygens (including phenoxy) is 3. The maximum absolute atomic E-state index is 11.7. The number of esters is 2. The molecule has 0 N–H and O–H groups in total. The number of hydrogen-bond donors (Lipinski definition) is 0. The molecule has 1 atom stereocenters. The Morgan fingerprint density at radius 2 is 1.76 bits per heavy atom. The molecule has 1 aromatic carbocycles. The first-order valence-corrected chi connectivity index (χ1v) is 5.30. The van der Waals surface area contributed by atoms with Gasteiger partial charge < -0.3 is 14.2 Å². The minimum atomic E-state index is -0.856. The summed E-state index contributed by atoms with van der Waals surface area (Å²) < 4.78 is 15.2. The predicted octanol–water partition coefficient (Wildman–Crippen LogP) is 1.38. The summed E-state index contributed by atoms with van der Waals surface area (Å²) in [5.74, 6) is -0.952. The van der Waals surface area contributed by atoms with Crippen LogP contribution in [-0.4, -0.2) is 31.4 Å². The minimum Gasteiger partial charge on any atom is -0.455 e. The number of hydrogen-bond acceptors (Lipinski definition) is 5. The summed E-state index contributed by atoms with van der Waals surface area (Å²) in [6.45, 7) is 2.03. The smallest absolute Gasteiger partial charge is 0.340 e. The minimum absolute atomic E-state index is 0.100. The Labute approximate surface area is 98.3 Å². The highest BCUT2D eigenvalue weighted by atomic mass is 16.7. The molecular weight excluding hydrogens is 224 g/mol. The summed E-state index contributed by atoms with van der Waals surface area (Å²) >= 11 is 0. The van der Waals surface area contributed by atoms with Gasteiger partial charge in [0.2, 0.25) is 6.29 Å². The molecule has 0 radical (unpaired) electrons. The second kappa shape index (κ2) is 4.97. The Morgan fingerprint density at radius 1 is 1.18 bits per heavy atom. The number of carbonyl (C=O) groups is 2. The molecule has 5 nitrogen and oxygen atoms in total. The van der Waals surface area contributed by atoms with Crippen LogP contribution in [0.2, 0.25) is 0 Å². The third-order valence-corrected chi connectivity index (χ3v) is 2.30. The van der Waals surface area contributed by atoms with Crippen LogP contribution in [0.25, 0.3) is 0 Å². The molecule has 2 aliphatic heterocycles. The van der Waals surface area contributed by atoms with Crippen molar-refractivity contribution >= 4 is 11.9 Å². The zero-order valence-electron chi connectivity index (χ0n) is 9.34. The van der Waals surface area contributed by atoms with Crippen molar-refractivity contribution in [2.45, 2.75) is 13.2 Å².